The summed E-state index contributed by atoms with van der Waals surface area (Å²) in [5.41, 5.74) is 6.61. The molecule has 1 aromatic rings. The van der Waals surface area contributed by atoms with E-state index in [1.165, 1.54) is 0 Å². The van der Waals surface area contributed by atoms with Crippen molar-refractivity contribution in [2.24, 2.45) is 5.73 Å². The molecule has 1 nitrogen and oxygen atoms in total. The summed E-state index contributed by atoms with van der Waals surface area (Å²) >= 11 is 10.8. The van der Waals surface area contributed by atoms with Gasteiger partial charge in [-0.1, -0.05) is 17.2 Å². The lowest BCUT2D eigenvalue weighted by atomic mass is 10.2. The third-order valence-corrected chi connectivity index (χ3v) is 3.80. The minimum absolute atomic E-state index is 0.590. The van der Waals surface area contributed by atoms with E-state index in [1.54, 1.807) is 11.3 Å². The van der Waals surface area contributed by atoms with Gasteiger partial charge in [0.25, 0.3) is 0 Å². The molecule has 0 radical (unpaired) electrons. The maximum atomic E-state index is 5.87. The molecule has 4 heteroatoms. The van der Waals surface area contributed by atoms with Crippen molar-refractivity contribution in [3.05, 3.63) is 25.3 Å². The van der Waals surface area contributed by atoms with Crippen molar-refractivity contribution in [3.8, 4) is 0 Å². The normalized spacial score (nSPS) is 12.2. The highest BCUT2D eigenvalue weighted by atomic mass is 79.9. The molecule has 1 rings (SSSR count). The molecule has 0 unspecified atom stereocenters. The highest BCUT2D eigenvalue weighted by Gasteiger charge is 2.01. The summed E-state index contributed by atoms with van der Waals surface area (Å²) in [5, 5.41) is 0. The summed E-state index contributed by atoms with van der Waals surface area (Å²) in [7, 11) is 0. The van der Waals surface area contributed by atoms with Crippen molar-refractivity contribution in [1.82, 2.24) is 0 Å². The maximum Gasteiger partial charge on any atom is 0.108 e. The van der Waals surface area contributed by atoms with Gasteiger partial charge in [0.05, 0.1) is 0 Å². The Kier molecular flexibility index (Phi) is 3.77. The second-order valence-corrected chi connectivity index (χ2v) is 5.01. The Balaban J connectivity index is 2.90. The van der Waals surface area contributed by atoms with Crippen molar-refractivity contribution in [1.29, 1.82) is 0 Å². The quantitative estimate of drug-likeness (QED) is 0.871. The Morgan fingerprint density at radius 2 is 2.50 bits per heavy atom. The maximum absolute atomic E-state index is 5.87. The van der Waals surface area contributed by atoms with Crippen LogP contribution in [0.3, 0.4) is 0 Å². The Bertz CT molecular complexity index is 287. The number of hydrogen-bond donors (Lipinski definition) is 1. The fourth-order valence-electron chi connectivity index (χ4n) is 0.736. The molecule has 0 aliphatic heterocycles. The summed E-state index contributed by atoms with van der Waals surface area (Å²) in [4.78, 5) is 1.13. The van der Waals surface area contributed by atoms with Gasteiger partial charge in [0.1, 0.15) is 4.34 Å². The zero-order valence-corrected chi connectivity index (χ0v) is 9.76. The smallest absolute Gasteiger partial charge is 0.108 e. The van der Waals surface area contributed by atoms with Gasteiger partial charge in [0.15, 0.2) is 0 Å². The molecule has 0 fully saturated rings. The molecule has 0 aliphatic rings. The average molecular weight is 267 g/mol. The van der Waals surface area contributed by atoms with Gasteiger partial charge in [0.2, 0.25) is 0 Å². The second-order valence-electron chi connectivity index (χ2n) is 2.47. The lowest BCUT2D eigenvalue weighted by Crippen LogP contribution is -1.98. The molecule has 2 N–H and O–H groups in total. The molecular formula is C8H9BrClNS. The van der Waals surface area contributed by atoms with Gasteiger partial charge in [0, 0.05) is 15.9 Å². The van der Waals surface area contributed by atoms with E-state index in [4.69, 9.17) is 17.3 Å². The van der Waals surface area contributed by atoms with Crippen molar-refractivity contribution in [2.75, 3.05) is 6.54 Å². The fourth-order valence-corrected chi connectivity index (χ4v) is 2.50. The fraction of sp³-hybridized carbons (Fsp3) is 0.250. The molecule has 1 aromatic heterocycles. The third-order valence-electron chi connectivity index (χ3n) is 1.37. The first-order valence-electron chi connectivity index (χ1n) is 3.45. The summed E-state index contributed by atoms with van der Waals surface area (Å²) in [6.45, 7) is 2.59. The van der Waals surface area contributed by atoms with E-state index in [-0.39, 0.29) is 0 Å². The average Bonchev–Trinajstić information content (AvgIpc) is 2.31. The van der Waals surface area contributed by atoms with Gasteiger partial charge >= 0.3 is 0 Å². The molecule has 0 bridgehead atoms. The van der Waals surface area contributed by atoms with Crippen LogP contribution in [0.5, 0.6) is 0 Å². The van der Waals surface area contributed by atoms with E-state index >= 15 is 0 Å². The highest BCUT2D eigenvalue weighted by molar-refractivity contribution is 9.10. The van der Waals surface area contributed by atoms with Crippen molar-refractivity contribution in [2.45, 2.75) is 6.92 Å². The van der Waals surface area contributed by atoms with Crippen molar-refractivity contribution >= 4 is 44.9 Å². The summed E-state index contributed by atoms with van der Waals surface area (Å²) in [6.07, 6.45) is 2.04. The Morgan fingerprint density at radius 1 is 1.83 bits per heavy atom. The summed E-state index contributed by atoms with van der Waals surface area (Å²) < 4.78 is 1.73. The lowest BCUT2D eigenvalue weighted by molar-refractivity contribution is 1.15. The van der Waals surface area contributed by atoms with Gasteiger partial charge in [-0.25, -0.2) is 0 Å². The van der Waals surface area contributed by atoms with Crippen LogP contribution >= 0.6 is 38.9 Å². The summed E-state index contributed by atoms with van der Waals surface area (Å²) in [5.74, 6) is 0. The minimum Gasteiger partial charge on any atom is -0.327 e. The van der Waals surface area contributed by atoms with E-state index in [0.29, 0.717) is 6.54 Å². The van der Waals surface area contributed by atoms with Gasteiger partial charge in [-0.2, -0.15) is 0 Å². The number of thiophene rings is 1. The summed E-state index contributed by atoms with van der Waals surface area (Å²) in [6, 6.07) is 1.99. The predicted molar refractivity (Wildman–Crippen MR) is 59.7 cm³/mol. The van der Waals surface area contributed by atoms with Crippen molar-refractivity contribution < 1.29 is 0 Å². The highest BCUT2D eigenvalue weighted by Crippen LogP contribution is 2.32. The first-order chi connectivity index (χ1) is 5.63. The van der Waals surface area contributed by atoms with Gasteiger partial charge < -0.3 is 5.73 Å². The molecule has 0 amide bonds. The van der Waals surface area contributed by atoms with Crippen LogP contribution in [0.4, 0.5) is 0 Å². The van der Waals surface area contributed by atoms with Gasteiger partial charge in [-0.3, -0.25) is 0 Å². The molecule has 0 saturated heterocycles. The molecule has 12 heavy (non-hydrogen) atoms. The zero-order valence-electron chi connectivity index (χ0n) is 6.60. The van der Waals surface area contributed by atoms with E-state index in [9.17, 15) is 0 Å². The van der Waals surface area contributed by atoms with E-state index in [2.05, 4.69) is 15.9 Å². The lowest BCUT2D eigenvalue weighted by Gasteiger charge is -1.91. The second kappa shape index (κ2) is 4.42. The van der Waals surface area contributed by atoms with E-state index in [0.717, 1.165) is 19.3 Å². The molecule has 66 valence electrons. The SMILES string of the molecule is CC(=Cc1cc(Br)c(Cl)s1)CN. The zero-order chi connectivity index (χ0) is 9.14. The van der Waals surface area contributed by atoms with Crippen LogP contribution in [-0.2, 0) is 0 Å². The Morgan fingerprint density at radius 3 is 2.92 bits per heavy atom. The Labute approximate surface area is 89.4 Å². The standard InChI is InChI=1S/C8H9BrClNS/c1-5(4-11)2-6-3-7(9)8(10)12-6/h2-3H,4,11H2,1H3. The van der Waals surface area contributed by atoms with Crippen molar-refractivity contribution in [3.63, 3.8) is 0 Å². The number of halogens is 2. The third kappa shape index (κ3) is 2.59. The largest absolute Gasteiger partial charge is 0.327 e. The first-order valence-corrected chi connectivity index (χ1v) is 5.44. The van der Waals surface area contributed by atoms with Crippen LogP contribution in [0.2, 0.25) is 4.34 Å². The molecule has 0 aliphatic carbocycles. The molecule has 1 heterocycles. The van der Waals surface area contributed by atoms with Crippen LogP contribution in [0, 0.1) is 0 Å². The monoisotopic (exact) mass is 265 g/mol. The predicted octanol–water partition coefficient (Wildman–Crippen LogP) is 3.53. The molecule has 0 saturated carbocycles. The van der Waals surface area contributed by atoms with Crippen LogP contribution in [-0.4, -0.2) is 6.54 Å². The van der Waals surface area contributed by atoms with Crippen LogP contribution in [0.1, 0.15) is 11.8 Å². The molecule has 0 spiro atoms. The van der Waals surface area contributed by atoms with Gasteiger partial charge in [-0.15, -0.1) is 11.3 Å². The van der Waals surface area contributed by atoms with Crippen LogP contribution < -0.4 is 5.73 Å². The topological polar surface area (TPSA) is 26.0 Å². The number of nitrogens with two attached hydrogens (primary N) is 1. The molecule has 0 atom stereocenters. The number of rotatable bonds is 2. The Hall–Kier alpha value is 0.170. The molecule has 0 aromatic carbocycles. The first kappa shape index (κ1) is 10.3. The van der Waals surface area contributed by atoms with E-state index < -0.39 is 0 Å². The van der Waals surface area contributed by atoms with Crippen LogP contribution in [0.15, 0.2) is 16.1 Å². The minimum atomic E-state index is 0.590. The van der Waals surface area contributed by atoms with Gasteiger partial charge in [-0.05, 0) is 35.0 Å². The van der Waals surface area contributed by atoms with Crippen LogP contribution in [0.25, 0.3) is 6.08 Å². The van der Waals surface area contributed by atoms with E-state index in [1.807, 2.05) is 19.1 Å². The molecular weight excluding hydrogens is 258 g/mol. The number of hydrogen-bond acceptors (Lipinski definition) is 2.